The highest BCUT2D eigenvalue weighted by Gasteiger charge is 2.13. The zero-order valence-corrected chi connectivity index (χ0v) is 7.03. The number of hydrogen-bond donors (Lipinski definition) is 1. The molecule has 0 saturated carbocycles. The summed E-state index contributed by atoms with van der Waals surface area (Å²) in [6, 6.07) is 7.39. The second kappa shape index (κ2) is 2.94. The van der Waals surface area contributed by atoms with Gasteiger partial charge in [-0.25, -0.2) is 4.79 Å². The van der Waals surface area contributed by atoms with Crippen LogP contribution in [0.3, 0.4) is 0 Å². The van der Waals surface area contributed by atoms with Crippen LogP contribution in [0.15, 0.2) is 24.3 Å². The molecule has 0 aromatic heterocycles. The number of amides is 2. The fourth-order valence-electron chi connectivity index (χ4n) is 1.32. The number of nitrogens with zero attached hydrogens (tertiary/aromatic N) is 1. The van der Waals surface area contributed by atoms with Gasteiger partial charge >= 0.3 is 6.03 Å². The average Bonchev–Trinajstić information content (AvgIpc) is 2.17. The molecule has 1 aromatic carbocycles. The number of rotatable bonds is 0. The number of benzene rings is 1. The number of carbonyl (C=O) groups is 1. The van der Waals surface area contributed by atoms with Crippen LogP contribution in [0, 0.1) is 6.20 Å². The maximum Gasteiger partial charge on any atom is 0.319 e. The summed E-state index contributed by atoms with van der Waals surface area (Å²) in [5.74, 6) is 0. The molecular formula is C10H9N2O. The first-order valence-electron chi connectivity index (χ1n) is 4.01. The van der Waals surface area contributed by atoms with E-state index in [2.05, 4.69) is 6.20 Å². The number of nitrogens with two attached hydrogens (primary N) is 1. The van der Waals surface area contributed by atoms with Gasteiger partial charge in [0.15, 0.2) is 0 Å². The lowest BCUT2D eigenvalue weighted by Crippen LogP contribution is -2.32. The van der Waals surface area contributed by atoms with Crippen LogP contribution < -0.4 is 5.73 Å². The molecule has 65 valence electrons. The zero-order chi connectivity index (χ0) is 9.26. The first-order chi connectivity index (χ1) is 6.27. The third-order valence-electron chi connectivity index (χ3n) is 2.03. The van der Waals surface area contributed by atoms with Crippen molar-refractivity contribution in [2.24, 2.45) is 5.73 Å². The van der Waals surface area contributed by atoms with E-state index >= 15 is 0 Å². The summed E-state index contributed by atoms with van der Waals surface area (Å²) >= 11 is 0. The smallest absolute Gasteiger partial charge is 0.319 e. The summed E-state index contributed by atoms with van der Waals surface area (Å²) < 4.78 is 0. The Labute approximate surface area is 76.5 Å². The molecule has 0 fully saturated rings. The Morgan fingerprint density at radius 1 is 1.46 bits per heavy atom. The quantitative estimate of drug-likeness (QED) is 0.632. The van der Waals surface area contributed by atoms with E-state index in [1.54, 1.807) is 6.08 Å². The highest BCUT2D eigenvalue weighted by molar-refractivity contribution is 5.74. The minimum atomic E-state index is -0.467. The van der Waals surface area contributed by atoms with Crippen molar-refractivity contribution in [1.82, 2.24) is 4.90 Å². The van der Waals surface area contributed by atoms with Crippen molar-refractivity contribution in [3.8, 4) is 0 Å². The zero-order valence-electron chi connectivity index (χ0n) is 7.03. The fraction of sp³-hybridized carbons (Fsp3) is 0.100. The summed E-state index contributed by atoms with van der Waals surface area (Å²) in [6.45, 7) is 0.516. The minimum Gasteiger partial charge on any atom is -0.351 e. The van der Waals surface area contributed by atoms with Gasteiger partial charge in [-0.1, -0.05) is 24.3 Å². The third-order valence-corrected chi connectivity index (χ3v) is 2.03. The van der Waals surface area contributed by atoms with Gasteiger partial charge in [-0.05, 0) is 17.2 Å². The maximum absolute atomic E-state index is 10.8. The van der Waals surface area contributed by atoms with Crippen molar-refractivity contribution < 1.29 is 4.79 Å². The monoisotopic (exact) mass is 173 g/mol. The van der Waals surface area contributed by atoms with Crippen LogP contribution in [0.2, 0.25) is 0 Å². The second-order valence-corrected chi connectivity index (χ2v) is 2.90. The molecule has 0 atom stereocenters. The number of carbonyl (C=O) groups excluding carboxylic acids is 1. The molecule has 1 heterocycles. The molecule has 1 aromatic rings. The van der Waals surface area contributed by atoms with Gasteiger partial charge in [-0.3, -0.25) is 4.90 Å². The normalized spacial score (nSPS) is 14.0. The standard InChI is InChI=1S/C10H9N2O/c11-10(13)12-6-5-8-3-1-2-4-9(8)7-12/h1-5H,7H2,(H2,11,13). The predicted molar refractivity (Wildman–Crippen MR) is 49.3 cm³/mol. The molecule has 2 rings (SSSR count). The Morgan fingerprint density at radius 3 is 3.00 bits per heavy atom. The average molecular weight is 173 g/mol. The lowest BCUT2D eigenvalue weighted by molar-refractivity contribution is 0.220. The Balaban J connectivity index is 2.34. The summed E-state index contributed by atoms with van der Waals surface area (Å²) in [7, 11) is 0. The van der Waals surface area contributed by atoms with E-state index in [4.69, 9.17) is 5.73 Å². The molecule has 3 nitrogen and oxygen atoms in total. The number of fused-ring (bicyclic) bond motifs is 1. The van der Waals surface area contributed by atoms with Crippen LogP contribution in [0.1, 0.15) is 11.1 Å². The Morgan fingerprint density at radius 2 is 2.23 bits per heavy atom. The van der Waals surface area contributed by atoms with E-state index in [0.717, 1.165) is 11.1 Å². The molecule has 2 amide bonds. The molecule has 3 heteroatoms. The van der Waals surface area contributed by atoms with Crippen molar-refractivity contribution in [3.05, 3.63) is 41.6 Å². The first-order valence-corrected chi connectivity index (χ1v) is 4.01. The highest BCUT2D eigenvalue weighted by Crippen LogP contribution is 2.17. The van der Waals surface area contributed by atoms with Crippen molar-refractivity contribution in [1.29, 1.82) is 0 Å². The molecule has 0 spiro atoms. The Kier molecular flexibility index (Phi) is 1.77. The van der Waals surface area contributed by atoms with Crippen molar-refractivity contribution in [2.45, 2.75) is 6.54 Å². The highest BCUT2D eigenvalue weighted by atomic mass is 16.2. The number of urea groups is 1. The van der Waals surface area contributed by atoms with E-state index < -0.39 is 6.03 Å². The van der Waals surface area contributed by atoms with Gasteiger partial charge in [0.1, 0.15) is 0 Å². The van der Waals surface area contributed by atoms with Gasteiger partial charge in [-0.2, -0.15) is 0 Å². The topological polar surface area (TPSA) is 46.3 Å². The van der Waals surface area contributed by atoms with Crippen LogP contribution in [0.5, 0.6) is 0 Å². The SMILES string of the molecule is NC(=O)N1[C]=Cc2ccccc2C1. The summed E-state index contributed by atoms with van der Waals surface area (Å²) in [6.07, 6.45) is 4.58. The molecule has 1 radical (unpaired) electrons. The Hall–Kier alpha value is -1.77. The first kappa shape index (κ1) is 7.86. The van der Waals surface area contributed by atoms with E-state index in [-0.39, 0.29) is 0 Å². The van der Waals surface area contributed by atoms with Crippen molar-refractivity contribution in [3.63, 3.8) is 0 Å². The molecule has 1 aliphatic heterocycles. The van der Waals surface area contributed by atoms with E-state index in [9.17, 15) is 4.79 Å². The fourth-order valence-corrected chi connectivity index (χ4v) is 1.32. The van der Waals surface area contributed by atoms with Gasteiger partial charge in [0.25, 0.3) is 0 Å². The summed E-state index contributed by atoms with van der Waals surface area (Å²) in [4.78, 5) is 12.2. The number of primary amides is 1. The van der Waals surface area contributed by atoms with Crippen molar-refractivity contribution >= 4 is 12.1 Å². The van der Waals surface area contributed by atoms with Crippen LogP contribution in [-0.2, 0) is 6.54 Å². The molecule has 2 N–H and O–H groups in total. The lowest BCUT2D eigenvalue weighted by atomic mass is 10.0. The maximum atomic E-state index is 10.8. The van der Waals surface area contributed by atoms with E-state index in [1.807, 2.05) is 24.3 Å². The lowest BCUT2D eigenvalue weighted by Gasteiger charge is -2.20. The predicted octanol–water partition coefficient (Wildman–Crippen LogP) is 1.35. The van der Waals surface area contributed by atoms with Gasteiger partial charge in [0.2, 0.25) is 0 Å². The van der Waals surface area contributed by atoms with Crippen molar-refractivity contribution in [2.75, 3.05) is 0 Å². The molecule has 13 heavy (non-hydrogen) atoms. The summed E-state index contributed by atoms with van der Waals surface area (Å²) in [5.41, 5.74) is 7.32. The summed E-state index contributed by atoms with van der Waals surface area (Å²) in [5, 5.41) is 0. The van der Waals surface area contributed by atoms with Crippen LogP contribution >= 0.6 is 0 Å². The molecule has 0 saturated heterocycles. The molecule has 0 unspecified atom stereocenters. The van der Waals surface area contributed by atoms with Crippen LogP contribution in [0.4, 0.5) is 4.79 Å². The largest absolute Gasteiger partial charge is 0.351 e. The van der Waals surface area contributed by atoms with Crippen LogP contribution in [0.25, 0.3) is 6.08 Å². The molecule has 0 bridgehead atoms. The number of hydrogen-bond acceptors (Lipinski definition) is 1. The third kappa shape index (κ3) is 1.40. The van der Waals surface area contributed by atoms with E-state index in [0.29, 0.717) is 6.54 Å². The van der Waals surface area contributed by atoms with E-state index in [1.165, 1.54) is 4.90 Å². The Bertz CT molecular complexity index is 371. The molecule has 1 aliphatic rings. The minimum absolute atomic E-state index is 0.467. The molecular weight excluding hydrogens is 164 g/mol. The molecule has 0 aliphatic carbocycles. The van der Waals surface area contributed by atoms with Gasteiger partial charge in [0, 0.05) is 0 Å². The van der Waals surface area contributed by atoms with Gasteiger partial charge in [-0.15, -0.1) is 0 Å². The van der Waals surface area contributed by atoms with Gasteiger partial charge in [0.05, 0.1) is 12.7 Å². The van der Waals surface area contributed by atoms with Gasteiger partial charge < -0.3 is 5.73 Å². The second-order valence-electron chi connectivity index (χ2n) is 2.90. The van der Waals surface area contributed by atoms with Crippen LogP contribution in [-0.4, -0.2) is 10.9 Å².